The van der Waals surface area contributed by atoms with E-state index >= 15 is 0 Å². The largest absolute Gasteiger partial charge is 0.332 e. The highest BCUT2D eigenvalue weighted by atomic mass is 32.1. The molecule has 0 unspecified atom stereocenters. The van der Waals surface area contributed by atoms with Crippen LogP contribution in [0.1, 0.15) is 35.6 Å². The first-order chi connectivity index (χ1) is 9.03. The molecule has 4 heteroatoms. The summed E-state index contributed by atoms with van der Waals surface area (Å²) in [7, 11) is 0. The van der Waals surface area contributed by atoms with Crippen LogP contribution < -0.4 is 5.32 Å². The highest BCUT2D eigenvalue weighted by Crippen LogP contribution is 2.38. The number of hydrogen-bond acceptors (Lipinski definition) is 4. The van der Waals surface area contributed by atoms with Gasteiger partial charge in [-0.25, -0.2) is 4.98 Å². The Kier molecular flexibility index (Phi) is 2.90. The molecule has 0 amide bonds. The third-order valence-corrected chi connectivity index (χ3v) is 4.31. The van der Waals surface area contributed by atoms with Crippen LogP contribution in [0.2, 0.25) is 0 Å². The number of carbonyl (C=O) groups is 1. The molecule has 0 atom stereocenters. The summed E-state index contributed by atoms with van der Waals surface area (Å²) in [4.78, 5) is 17.5. The van der Waals surface area contributed by atoms with E-state index in [9.17, 15) is 4.79 Å². The minimum Gasteiger partial charge on any atom is -0.332 e. The van der Waals surface area contributed by atoms with Crippen molar-refractivity contribution >= 4 is 27.9 Å². The van der Waals surface area contributed by atoms with Gasteiger partial charge in [-0.1, -0.05) is 43.4 Å². The molecule has 1 aromatic carbocycles. The van der Waals surface area contributed by atoms with Gasteiger partial charge in [-0.15, -0.1) is 0 Å². The van der Waals surface area contributed by atoms with Crippen LogP contribution in [0.15, 0.2) is 30.3 Å². The van der Waals surface area contributed by atoms with Crippen LogP contribution >= 0.6 is 11.3 Å². The van der Waals surface area contributed by atoms with Gasteiger partial charge in [-0.05, 0) is 24.0 Å². The summed E-state index contributed by atoms with van der Waals surface area (Å²) >= 11 is 1.47. The number of hydrogen-bond donors (Lipinski definition) is 1. The lowest BCUT2D eigenvalue weighted by molar-refractivity contribution is 0.0916. The lowest BCUT2D eigenvalue weighted by Crippen LogP contribution is -2.25. The second-order valence-electron chi connectivity index (χ2n) is 5.73. The zero-order chi connectivity index (χ0) is 13.5. The predicted octanol–water partition coefficient (Wildman–Crippen LogP) is 4.04. The van der Waals surface area contributed by atoms with Crippen molar-refractivity contribution in [3.63, 3.8) is 0 Å². The topological polar surface area (TPSA) is 42.0 Å². The molecule has 0 saturated heterocycles. The van der Waals surface area contributed by atoms with Crippen molar-refractivity contribution in [3.05, 3.63) is 40.9 Å². The molecule has 3 rings (SSSR count). The first kappa shape index (κ1) is 12.4. The molecule has 1 aromatic heterocycles. The van der Waals surface area contributed by atoms with E-state index in [1.807, 2.05) is 30.3 Å². The quantitative estimate of drug-likeness (QED) is 0.897. The summed E-state index contributed by atoms with van der Waals surface area (Å²) in [6, 6.07) is 9.91. The molecule has 1 aliphatic carbocycles. The number of carbonyl (C=O) groups excluding carboxylic acids is 1. The Morgan fingerprint density at radius 3 is 2.68 bits per heavy atom. The summed E-state index contributed by atoms with van der Waals surface area (Å²) in [5.74, 6) is 0.227. The summed E-state index contributed by atoms with van der Waals surface area (Å²) in [5.41, 5.74) is 1.98. The van der Waals surface area contributed by atoms with Crippen molar-refractivity contribution in [2.45, 2.75) is 26.7 Å². The fourth-order valence-corrected chi connectivity index (χ4v) is 3.36. The van der Waals surface area contributed by atoms with Gasteiger partial charge >= 0.3 is 0 Å². The minimum atomic E-state index is 0.0299. The van der Waals surface area contributed by atoms with Gasteiger partial charge in [0.25, 0.3) is 0 Å². The SMILES string of the molecule is CC1(C)CC(=O)c2sc(Nc3ccccc3)nc2C1. The lowest BCUT2D eigenvalue weighted by atomic mass is 9.78. The number of thiazole rings is 1. The van der Waals surface area contributed by atoms with Crippen LogP contribution in [0.4, 0.5) is 10.8 Å². The maximum absolute atomic E-state index is 12.1. The zero-order valence-electron chi connectivity index (χ0n) is 11.1. The smallest absolute Gasteiger partial charge is 0.188 e. The number of Topliss-reactive ketones (excluding diaryl/α,β-unsaturated/α-hetero) is 1. The van der Waals surface area contributed by atoms with Gasteiger partial charge in [-0.3, -0.25) is 4.79 Å². The molecule has 1 heterocycles. The lowest BCUT2D eigenvalue weighted by Gasteiger charge is -2.26. The van der Waals surface area contributed by atoms with E-state index in [0.717, 1.165) is 27.8 Å². The van der Waals surface area contributed by atoms with Gasteiger partial charge in [0.15, 0.2) is 10.9 Å². The Balaban J connectivity index is 1.89. The molecule has 0 fully saturated rings. The van der Waals surface area contributed by atoms with Crippen LogP contribution in [0, 0.1) is 5.41 Å². The monoisotopic (exact) mass is 272 g/mol. The van der Waals surface area contributed by atoms with E-state index in [1.165, 1.54) is 11.3 Å². The highest BCUT2D eigenvalue weighted by molar-refractivity contribution is 7.17. The third-order valence-electron chi connectivity index (χ3n) is 3.26. The summed E-state index contributed by atoms with van der Waals surface area (Å²) < 4.78 is 0. The van der Waals surface area contributed by atoms with Crippen molar-refractivity contribution in [1.82, 2.24) is 4.98 Å². The maximum atomic E-state index is 12.1. The van der Waals surface area contributed by atoms with Gasteiger partial charge in [0, 0.05) is 12.1 Å². The van der Waals surface area contributed by atoms with E-state index in [4.69, 9.17) is 0 Å². The normalized spacial score (nSPS) is 17.1. The molecule has 19 heavy (non-hydrogen) atoms. The molecule has 0 aliphatic heterocycles. The molecule has 2 aromatic rings. The van der Waals surface area contributed by atoms with Gasteiger partial charge in [0.05, 0.1) is 10.6 Å². The average Bonchev–Trinajstić information content (AvgIpc) is 2.71. The van der Waals surface area contributed by atoms with Crippen LogP contribution in [0.5, 0.6) is 0 Å². The van der Waals surface area contributed by atoms with E-state index in [2.05, 4.69) is 24.1 Å². The summed E-state index contributed by atoms with van der Waals surface area (Å²) in [6.45, 7) is 4.25. The molecule has 98 valence electrons. The standard InChI is InChI=1S/C15H16N2OS/c1-15(2)8-11-13(12(18)9-15)19-14(17-11)16-10-6-4-3-5-7-10/h3-7H,8-9H2,1-2H3,(H,16,17). The number of nitrogens with one attached hydrogen (secondary N) is 1. The van der Waals surface area contributed by atoms with Crippen molar-refractivity contribution in [3.8, 4) is 0 Å². The van der Waals surface area contributed by atoms with E-state index in [-0.39, 0.29) is 11.2 Å². The summed E-state index contributed by atoms with van der Waals surface area (Å²) in [6.07, 6.45) is 1.49. The highest BCUT2D eigenvalue weighted by Gasteiger charge is 2.33. The Bertz CT molecular complexity index is 616. The fraction of sp³-hybridized carbons (Fsp3) is 0.333. The number of nitrogens with zero attached hydrogens (tertiary/aromatic N) is 1. The van der Waals surface area contributed by atoms with Crippen molar-refractivity contribution in [2.24, 2.45) is 5.41 Å². The number of anilines is 2. The molecule has 1 N–H and O–H groups in total. The molecular formula is C15H16N2OS. The molecule has 3 nitrogen and oxygen atoms in total. The third kappa shape index (κ3) is 2.54. The van der Waals surface area contributed by atoms with Crippen molar-refractivity contribution in [2.75, 3.05) is 5.32 Å². The zero-order valence-corrected chi connectivity index (χ0v) is 11.9. The Labute approximate surface area is 116 Å². The van der Waals surface area contributed by atoms with Crippen LogP contribution in [0.25, 0.3) is 0 Å². The van der Waals surface area contributed by atoms with Crippen molar-refractivity contribution < 1.29 is 4.79 Å². The first-order valence-electron chi connectivity index (χ1n) is 6.38. The molecule has 0 radical (unpaired) electrons. The van der Waals surface area contributed by atoms with Gasteiger partial charge < -0.3 is 5.32 Å². The molecule has 0 spiro atoms. The minimum absolute atomic E-state index is 0.0299. The second-order valence-corrected chi connectivity index (χ2v) is 6.73. The predicted molar refractivity (Wildman–Crippen MR) is 78.3 cm³/mol. The van der Waals surface area contributed by atoms with Gasteiger partial charge in [0.2, 0.25) is 0 Å². The number of fused-ring (bicyclic) bond motifs is 1. The first-order valence-corrected chi connectivity index (χ1v) is 7.20. The number of benzene rings is 1. The van der Waals surface area contributed by atoms with Crippen LogP contribution in [0.3, 0.4) is 0 Å². The van der Waals surface area contributed by atoms with E-state index in [1.54, 1.807) is 0 Å². The molecule has 1 aliphatic rings. The van der Waals surface area contributed by atoms with E-state index < -0.39 is 0 Å². The van der Waals surface area contributed by atoms with Crippen molar-refractivity contribution in [1.29, 1.82) is 0 Å². The fourth-order valence-electron chi connectivity index (χ4n) is 2.42. The Morgan fingerprint density at radius 1 is 1.21 bits per heavy atom. The van der Waals surface area contributed by atoms with E-state index in [0.29, 0.717) is 6.42 Å². The Hall–Kier alpha value is -1.68. The number of para-hydroxylation sites is 1. The molecular weight excluding hydrogens is 256 g/mol. The maximum Gasteiger partial charge on any atom is 0.188 e. The summed E-state index contributed by atoms with van der Waals surface area (Å²) in [5, 5.41) is 4.07. The van der Waals surface area contributed by atoms with Crippen LogP contribution in [-0.4, -0.2) is 10.8 Å². The molecule has 0 saturated carbocycles. The number of rotatable bonds is 2. The van der Waals surface area contributed by atoms with Crippen LogP contribution in [-0.2, 0) is 6.42 Å². The Morgan fingerprint density at radius 2 is 1.95 bits per heavy atom. The van der Waals surface area contributed by atoms with Gasteiger partial charge in [0.1, 0.15) is 0 Å². The second kappa shape index (κ2) is 4.46. The van der Waals surface area contributed by atoms with Gasteiger partial charge in [-0.2, -0.15) is 0 Å². The number of aromatic nitrogens is 1. The average molecular weight is 272 g/mol. The number of ketones is 1. The molecule has 0 bridgehead atoms.